The van der Waals surface area contributed by atoms with Gasteiger partial charge in [-0.2, -0.15) is 5.10 Å². The topological polar surface area (TPSA) is 53.0 Å². The van der Waals surface area contributed by atoms with Crippen molar-refractivity contribution in [2.24, 2.45) is 5.10 Å². The number of hydrazone groups is 1. The van der Waals surface area contributed by atoms with Crippen LogP contribution < -0.4 is 0 Å². The first kappa shape index (κ1) is 17.6. The fourth-order valence-electron chi connectivity index (χ4n) is 3.66. The second-order valence-corrected chi connectivity index (χ2v) is 6.98. The third kappa shape index (κ3) is 4.47. The van der Waals surface area contributed by atoms with Crippen molar-refractivity contribution in [1.82, 2.24) is 9.91 Å². The van der Waals surface area contributed by atoms with Gasteiger partial charge in [0, 0.05) is 32.4 Å². The fourth-order valence-corrected chi connectivity index (χ4v) is 3.66. The van der Waals surface area contributed by atoms with Crippen molar-refractivity contribution < 1.29 is 9.59 Å². The lowest BCUT2D eigenvalue weighted by Crippen LogP contribution is -2.38. The Labute approximate surface area is 149 Å². The molecule has 0 saturated heterocycles. The predicted octanol–water partition coefficient (Wildman–Crippen LogP) is 3.19. The Morgan fingerprint density at radius 3 is 2.56 bits per heavy atom. The van der Waals surface area contributed by atoms with Crippen LogP contribution in [0.15, 0.2) is 35.4 Å². The van der Waals surface area contributed by atoms with E-state index in [4.69, 9.17) is 0 Å². The summed E-state index contributed by atoms with van der Waals surface area (Å²) in [5, 5.41) is 5.97. The van der Waals surface area contributed by atoms with E-state index in [0.717, 1.165) is 30.5 Å². The molecule has 2 aliphatic rings. The van der Waals surface area contributed by atoms with E-state index in [0.29, 0.717) is 12.6 Å². The van der Waals surface area contributed by atoms with Crippen LogP contribution >= 0.6 is 0 Å². The first-order valence-electron chi connectivity index (χ1n) is 9.34. The molecule has 0 aromatic heterocycles. The van der Waals surface area contributed by atoms with Crippen LogP contribution in [0.2, 0.25) is 0 Å². The van der Waals surface area contributed by atoms with Crippen LogP contribution in [0.5, 0.6) is 0 Å². The maximum Gasteiger partial charge on any atom is 0.243 e. The van der Waals surface area contributed by atoms with Crippen molar-refractivity contribution in [1.29, 1.82) is 0 Å². The van der Waals surface area contributed by atoms with Crippen LogP contribution in [0.4, 0.5) is 0 Å². The Kier molecular flexibility index (Phi) is 5.84. The summed E-state index contributed by atoms with van der Waals surface area (Å²) in [7, 11) is 1.88. The Morgan fingerprint density at radius 1 is 1.12 bits per heavy atom. The molecule has 1 fully saturated rings. The average molecular weight is 341 g/mol. The van der Waals surface area contributed by atoms with Gasteiger partial charge in [-0.3, -0.25) is 9.59 Å². The van der Waals surface area contributed by atoms with Crippen LogP contribution in [0.25, 0.3) is 0 Å². The van der Waals surface area contributed by atoms with Gasteiger partial charge >= 0.3 is 0 Å². The average Bonchev–Trinajstić information content (AvgIpc) is 3.17. The zero-order valence-corrected chi connectivity index (χ0v) is 15.0. The molecule has 0 spiro atoms. The summed E-state index contributed by atoms with van der Waals surface area (Å²) in [4.78, 5) is 26.6. The van der Waals surface area contributed by atoms with Crippen molar-refractivity contribution in [3.8, 4) is 0 Å². The SMILES string of the molecule is CN(C(=O)CCC(=O)N1CCC(c2ccccc2)=N1)C1CCCCC1. The highest BCUT2D eigenvalue weighted by molar-refractivity contribution is 6.02. The first-order chi connectivity index (χ1) is 12.1. The van der Waals surface area contributed by atoms with Gasteiger partial charge in [0.15, 0.2) is 0 Å². The number of nitrogens with zero attached hydrogens (tertiary/aromatic N) is 3. The van der Waals surface area contributed by atoms with E-state index in [2.05, 4.69) is 5.10 Å². The normalized spacial score (nSPS) is 18.1. The van der Waals surface area contributed by atoms with E-state index in [-0.39, 0.29) is 24.7 Å². The summed E-state index contributed by atoms with van der Waals surface area (Å²) in [5.41, 5.74) is 2.01. The van der Waals surface area contributed by atoms with Gasteiger partial charge < -0.3 is 4.90 Å². The third-order valence-electron chi connectivity index (χ3n) is 5.27. The summed E-state index contributed by atoms with van der Waals surface area (Å²) in [6.07, 6.45) is 7.14. The van der Waals surface area contributed by atoms with Gasteiger partial charge in [0.05, 0.1) is 12.3 Å². The Bertz CT molecular complexity index is 636. The van der Waals surface area contributed by atoms with Crippen LogP contribution in [0, 0.1) is 0 Å². The molecule has 1 heterocycles. The lowest BCUT2D eigenvalue weighted by atomic mass is 9.94. The summed E-state index contributed by atoms with van der Waals surface area (Å²) in [5.74, 6) is 0.0167. The minimum atomic E-state index is -0.0590. The van der Waals surface area contributed by atoms with E-state index in [9.17, 15) is 9.59 Å². The van der Waals surface area contributed by atoms with Gasteiger partial charge in [-0.15, -0.1) is 0 Å². The number of benzene rings is 1. The van der Waals surface area contributed by atoms with Gasteiger partial charge in [-0.25, -0.2) is 5.01 Å². The summed E-state index contributed by atoms with van der Waals surface area (Å²) in [6, 6.07) is 10.3. The standard InChI is InChI=1S/C20H27N3O2/c1-22(17-10-6-3-7-11-17)19(24)12-13-20(25)23-15-14-18(21-23)16-8-4-2-5-9-16/h2,4-5,8-9,17H,3,6-7,10-15H2,1H3. The van der Waals surface area contributed by atoms with E-state index in [1.54, 1.807) is 0 Å². The molecule has 1 aromatic rings. The fraction of sp³-hybridized carbons (Fsp3) is 0.550. The highest BCUT2D eigenvalue weighted by Gasteiger charge is 2.25. The molecule has 134 valence electrons. The largest absolute Gasteiger partial charge is 0.343 e. The first-order valence-corrected chi connectivity index (χ1v) is 9.34. The number of hydrogen-bond donors (Lipinski definition) is 0. The summed E-state index contributed by atoms with van der Waals surface area (Å²) < 4.78 is 0. The van der Waals surface area contributed by atoms with Crippen molar-refractivity contribution in [2.45, 2.75) is 57.4 Å². The number of hydrogen-bond acceptors (Lipinski definition) is 3. The monoisotopic (exact) mass is 341 g/mol. The molecule has 0 N–H and O–H groups in total. The second kappa shape index (κ2) is 8.28. The van der Waals surface area contributed by atoms with Crippen LogP contribution in [-0.4, -0.2) is 47.1 Å². The van der Waals surface area contributed by atoms with Crippen LogP contribution in [0.3, 0.4) is 0 Å². The highest BCUT2D eigenvalue weighted by atomic mass is 16.2. The van der Waals surface area contributed by atoms with Crippen LogP contribution in [-0.2, 0) is 9.59 Å². The molecule has 0 unspecified atom stereocenters. The molecular formula is C20H27N3O2. The maximum atomic E-state index is 12.4. The third-order valence-corrected chi connectivity index (χ3v) is 5.27. The molecule has 3 rings (SSSR count). The highest BCUT2D eigenvalue weighted by Crippen LogP contribution is 2.22. The molecule has 1 saturated carbocycles. The van der Waals surface area contributed by atoms with E-state index in [1.165, 1.54) is 24.3 Å². The number of carbonyl (C=O) groups is 2. The van der Waals surface area contributed by atoms with Crippen molar-refractivity contribution in [3.05, 3.63) is 35.9 Å². The Morgan fingerprint density at radius 2 is 1.84 bits per heavy atom. The lowest BCUT2D eigenvalue weighted by Gasteiger charge is -2.31. The Hall–Kier alpha value is -2.17. The minimum Gasteiger partial charge on any atom is -0.343 e. The molecule has 1 aliphatic heterocycles. The molecule has 25 heavy (non-hydrogen) atoms. The number of rotatable bonds is 5. The van der Waals surface area contributed by atoms with Gasteiger partial charge in [0.25, 0.3) is 0 Å². The van der Waals surface area contributed by atoms with E-state index in [1.807, 2.05) is 42.3 Å². The van der Waals surface area contributed by atoms with Crippen molar-refractivity contribution in [3.63, 3.8) is 0 Å². The lowest BCUT2D eigenvalue weighted by molar-refractivity contribution is -0.137. The molecule has 0 radical (unpaired) electrons. The molecule has 5 nitrogen and oxygen atoms in total. The maximum absolute atomic E-state index is 12.4. The zero-order chi connectivity index (χ0) is 17.6. The molecule has 1 aliphatic carbocycles. The van der Waals surface area contributed by atoms with E-state index >= 15 is 0 Å². The summed E-state index contributed by atoms with van der Waals surface area (Å²) in [6.45, 7) is 0.607. The van der Waals surface area contributed by atoms with Gasteiger partial charge in [-0.05, 0) is 18.4 Å². The quantitative estimate of drug-likeness (QED) is 0.826. The van der Waals surface area contributed by atoms with E-state index < -0.39 is 0 Å². The smallest absolute Gasteiger partial charge is 0.243 e. The van der Waals surface area contributed by atoms with Gasteiger partial charge in [0.1, 0.15) is 0 Å². The minimum absolute atomic E-state index is 0.0590. The molecule has 0 bridgehead atoms. The van der Waals surface area contributed by atoms with Crippen molar-refractivity contribution in [2.75, 3.05) is 13.6 Å². The van der Waals surface area contributed by atoms with Crippen molar-refractivity contribution >= 4 is 17.5 Å². The number of amides is 2. The molecule has 0 atom stereocenters. The molecule has 1 aromatic carbocycles. The number of carbonyl (C=O) groups excluding carboxylic acids is 2. The second-order valence-electron chi connectivity index (χ2n) is 6.98. The van der Waals surface area contributed by atoms with Crippen LogP contribution in [0.1, 0.15) is 56.9 Å². The summed E-state index contributed by atoms with van der Waals surface area (Å²) >= 11 is 0. The van der Waals surface area contributed by atoms with Gasteiger partial charge in [-0.1, -0.05) is 49.6 Å². The van der Waals surface area contributed by atoms with Gasteiger partial charge in [0.2, 0.25) is 11.8 Å². The zero-order valence-electron chi connectivity index (χ0n) is 15.0. The predicted molar refractivity (Wildman–Crippen MR) is 98.2 cm³/mol. The Balaban J connectivity index is 1.49. The molecule has 2 amide bonds. The molecular weight excluding hydrogens is 314 g/mol. The molecule has 5 heteroatoms.